The number of nitrogens with one attached hydrogen (secondary N) is 1. The summed E-state index contributed by atoms with van der Waals surface area (Å²) in [6.45, 7) is 9.83. The molecule has 1 aromatic rings. The molecule has 3 amide bonds. The van der Waals surface area contributed by atoms with Crippen LogP contribution in [0.15, 0.2) is 24.3 Å². The van der Waals surface area contributed by atoms with Gasteiger partial charge < -0.3 is 15.1 Å². The Morgan fingerprint density at radius 2 is 1.48 bits per heavy atom. The fraction of sp³-hybridized carbons (Fsp3) is 0.526. The van der Waals surface area contributed by atoms with E-state index < -0.39 is 0 Å². The van der Waals surface area contributed by atoms with Gasteiger partial charge in [0.25, 0.3) is 5.91 Å². The van der Waals surface area contributed by atoms with Crippen molar-refractivity contribution in [3.63, 3.8) is 0 Å². The fourth-order valence-electron chi connectivity index (χ4n) is 2.81. The van der Waals surface area contributed by atoms with E-state index in [-0.39, 0.29) is 23.1 Å². The Labute approximate surface area is 149 Å². The highest BCUT2D eigenvalue weighted by atomic mass is 16.2. The number of amides is 3. The second-order valence-electron chi connectivity index (χ2n) is 7.67. The Bertz CT molecular complexity index is 639. The van der Waals surface area contributed by atoms with Crippen LogP contribution in [0.25, 0.3) is 0 Å². The van der Waals surface area contributed by atoms with Gasteiger partial charge in [-0.3, -0.25) is 14.4 Å². The van der Waals surface area contributed by atoms with E-state index in [1.54, 1.807) is 29.2 Å². The standard InChI is InChI=1S/C19H27N3O3/c1-14(23)20-16-7-5-15(6-8-16)18(25)22-11-9-21(10-12-22)17(24)13-19(2,3)4/h5-8H,9-13H2,1-4H3,(H,20,23). The highest BCUT2D eigenvalue weighted by Crippen LogP contribution is 2.21. The molecule has 25 heavy (non-hydrogen) atoms. The van der Waals surface area contributed by atoms with Crippen molar-refractivity contribution in [3.8, 4) is 0 Å². The predicted molar refractivity (Wildman–Crippen MR) is 97.3 cm³/mol. The fourth-order valence-corrected chi connectivity index (χ4v) is 2.81. The first-order valence-corrected chi connectivity index (χ1v) is 8.60. The summed E-state index contributed by atoms with van der Waals surface area (Å²) in [5.41, 5.74) is 1.23. The van der Waals surface area contributed by atoms with Crippen LogP contribution < -0.4 is 5.32 Å². The summed E-state index contributed by atoms with van der Waals surface area (Å²) in [7, 11) is 0. The molecule has 2 rings (SSSR count). The summed E-state index contributed by atoms with van der Waals surface area (Å²) in [5.74, 6) is -0.0355. The molecule has 1 fully saturated rings. The molecule has 136 valence electrons. The third-order valence-corrected chi connectivity index (χ3v) is 4.05. The Hall–Kier alpha value is -2.37. The van der Waals surface area contributed by atoms with Crippen LogP contribution in [0.4, 0.5) is 5.69 Å². The number of nitrogens with zero attached hydrogens (tertiary/aromatic N) is 2. The zero-order chi connectivity index (χ0) is 18.6. The molecule has 0 radical (unpaired) electrons. The normalized spacial score (nSPS) is 15.0. The van der Waals surface area contributed by atoms with E-state index in [1.807, 2.05) is 4.90 Å². The van der Waals surface area contributed by atoms with E-state index in [4.69, 9.17) is 0 Å². The molecule has 0 atom stereocenters. The number of anilines is 1. The van der Waals surface area contributed by atoms with Crippen molar-refractivity contribution in [3.05, 3.63) is 29.8 Å². The largest absolute Gasteiger partial charge is 0.339 e. The molecule has 1 heterocycles. The number of hydrogen-bond donors (Lipinski definition) is 1. The molecule has 0 aliphatic carbocycles. The lowest BCUT2D eigenvalue weighted by molar-refractivity contribution is -0.134. The van der Waals surface area contributed by atoms with Gasteiger partial charge in [0.15, 0.2) is 0 Å². The molecule has 1 aromatic carbocycles. The third kappa shape index (κ3) is 5.59. The molecular formula is C19H27N3O3. The van der Waals surface area contributed by atoms with Crippen LogP contribution in [0, 0.1) is 5.41 Å². The quantitative estimate of drug-likeness (QED) is 0.914. The van der Waals surface area contributed by atoms with Crippen molar-refractivity contribution in [1.29, 1.82) is 0 Å². The molecule has 6 heteroatoms. The molecular weight excluding hydrogens is 318 g/mol. The van der Waals surface area contributed by atoms with E-state index in [9.17, 15) is 14.4 Å². The molecule has 0 spiro atoms. The molecule has 0 aromatic heterocycles. The first kappa shape index (κ1) is 19.0. The maximum absolute atomic E-state index is 12.6. The monoisotopic (exact) mass is 345 g/mol. The van der Waals surface area contributed by atoms with Crippen molar-refractivity contribution >= 4 is 23.4 Å². The number of carbonyl (C=O) groups is 3. The molecule has 6 nitrogen and oxygen atoms in total. The van der Waals surface area contributed by atoms with Gasteiger partial charge in [0.1, 0.15) is 0 Å². The van der Waals surface area contributed by atoms with Crippen LogP contribution in [0.3, 0.4) is 0 Å². The number of piperazine rings is 1. The Morgan fingerprint density at radius 3 is 1.96 bits per heavy atom. The summed E-state index contributed by atoms with van der Waals surface area (Å²) in [6, 6.07) is 6.87. The summed E-state index contributed by atoms with van der Waals surface area (Å²) in [4.78, 5) is 39.5. The van der Waals surface area contributed by atoms with Crippen LogP contribution in [0.1, 0.15) is 44.5 Å². The first-order chi connectivity index (χ1) is 11.7. The average Bonchev–Trinajstić information content (AvgIpc) is 2.53. The highest BCUT2D eigenvalue weighted by molar-refractivity contribution is 5.95. The molecule has 1 saturated heterocycles. The van der Waals surface area contributed by atoms with Gasteiger partial charge in [-0.2, -0.15) is 0 Å². The lowest BCUT2D eigenvalue weighted by Crippen LogP contribution is -2.51. The van der Waals surface area contributed by atoms with Crippen LogP contribution in [-0.2, 0) is 9.59 Å². The average molecular weight is 345 g/mol. The summed E-state index contributed by atoms with van der Waals surface area (Å²) >= 11 is 0. The lowest BCUT2D eigenvalue weighted by atomic mass is 9.91. The Kier molecular flexibility index (Phi) is 5.82. The van der Waals surface area contributed by atoms with Crippen molar-refractivity contribution in [2.45, 2.75) is 34.1 Å². The van der Waals surface area contributed by atoms with E-state index in [1.165, 1.54) is 6.92 Å². The van der Waals surface area contributed by atoms with Crippen molar-refractivity contribution in [2.24, 2.45) is 5.41 Å². The van der Waals surface area contributed by atoms with Gasteiger partial charge in [-0.15, -0.1) is 0 Å². The van der Waals surface area contributed by atoms with Gasteiger partial charge in [0, 0.05) is 50.8 Å². The minimum atomic E-state index is -0.143. The minimum absolute atomic E-state index is 0.0281. The zero-order valence-electron chi connectivity index (χ0n) is 15.5. The van der Waals surface area contributed by atoms with Gasteiger partial charge in [-0.25, -0.2) is 0 Å². The number of rotatable bonds is 3. The van der Waals surface area contributed by atoms with Crippen LogP contribution >= 0.6 is 0 Å². The summed E-state index contributed by atoms with van der Waals surface area (Å²) in [6.07, 6.45) is 0.519. The summed E-state index contributed by atoms with van der Waals surface area (Å²) in [5, 5.41) is 2.68. The summed E-state index contributed by atoms with van der Waals surface area (Å²) < 4.78 is 0. The molecule has 0 saturated carbocycles. The second kappa shape index (κ2) is 7.68. The van der Waals surface area contributed by atoms with E-state index >= 15 is 0 Å². The maximum atomic E-state index is 12.6. The van der Waals surface area contributed by atoms with Crippen molar-refractivity contribution in [1.82, 2.24) is 9.80 Å². The van der Waals surface area contributed by atoms with Crippen molar-refractivity contribution in [2.75, 3.05) is 31.5 Å². The van der Waals surface area contributed by atoms with E-state index in [0.29, 0.717) is 43.9 Å². The van der Waals surface area contributed by atoms with E-state index in [2.05, 4.69) is 26.1 Å². The highest BCUT2D eigenvalue weighted by Gasteiger charge is 2.27. The smallest absolute Gasteiger partial charge is 0.253 e. The van der Waals surface area contributed by atoms with Gasteiger partial charge in [0.2, 0.25) is 11.8 Å². The lowest BCUT2D eigenvalue weighted by Gasteiger charge is -2.36. The van der Waals surface area contributed by atoms with Gasteiger partial charge >= 0.3 is 0 Å². The topological polar surface area (TPSA) is 69.7 Å². The number of carbonyl (C=O) groups excluding carboxylic acids is 3. The maximum Gasteiger partial charge on any atom is 0.253 e. The molecule has 1 N–H and O–H groups in total. The number of hydrogen-bond acceptors (Lipinski definition) is 3. The van der Waals surface area contributed by atoms with Crippen LogP contribution in [0.2, 0.25) is 0 Å². The second-order valence-corrected chi connectivity index (χ2v) is 7.67. The predicted octanol–water partition coefficient (Wildman–Crippen LogP) is 2.37. The van der Waals surface area contributed by atoms with Crippen LogP contribution in [0.5, 0.6) is 0 Å². The SMILES string of the molecule is CC(=O)Nc1ccc(C(=O)N2CCN(C(=O)CC(C)(C)C)CC2)cc1. The molecule has 1 aliphatic rings. The van der Waals surface area contributed by atoms with Crippen LogP contribution in [-0.4, -0.2) is 53.7 Å². The Balaban J connectivity index is 1.90. The van der Waals surface area contributed by atoms with Crippen molar-refractivity contribution < 1.29 is 14.4 Å². The molecule has 0 bridgehead atoms. The Morgan fingerprint density at radius 1 is 0.960 bits per heavy atom. The van der Waals surface area contributed by atoms with Gasteiger partial charge in [-0.05, 0) is 29.7 Å². The van der Waals surface area contributed by atoms with Gasteiger partial charge in [0.05, 0.1) is 0 Å². The minimum Gasteiger partial charge on any atom is -0.339 e. The van der Waals surface area contributed by atoms with Gasteiger partial charge in [-0.1, -0.05) is 20.8 Å². The molecule has 1 aliphatic heterocycles. The molecule has 0 unspecified atom stereocenters. The van der Waals surface area contributed by atoms with E-state index in [0.717, 1.165) is 0 Å². The zero-order valence-corrected chi connectivity index (χ0v) is 15.5. The third-order valence-electron chi connectivity index (χ3n) is 4.05. The number of benzene rings is 1. The first-order valence-electron chi connectivity index (χ1n) is 8.60.